The van der Waals surface area contributed by atoms with Crippen LogP contribution in [0, 0.1) is 0 Å². The van der Waals surface area contributed by atoms with Gasteiger partial charge in [0.15, 0.2) is 5.96 Å². The van der Waals surface area contributed by atoms with Gasteiger partial charge < -0.3 is 25.3 Å². The second-order valence-corrected chi connectivity index (χ2v) is 6.04. The fourth-order valence-electron chi connectivity index (χ4n) is 2.61. The quantitative estimate of drug-likeness (QED) is 0.431. The van der Waals surface area contributed by atoms with Crippen LogP contribution in [-0.4, -0.2) is 38.4 Å². The number of rotatable bonds is 8. The van der Waals surface area contributed by atoms with Gasteiger partial charge in [0.05, 0.1) is 12.7 Å². The first-order chi connectivity index (χ1) is 12.8. The molecule has 6 heteroatoms. The predicted molar refractivity (Wildman–Crippen MR) is 103 cm³/mol. The maximum absolute atomic E-state index is 5.95. The summed E-state index contributed by atoms with van der Waals surface area (Å²) in [5.74, 6) is 1.91. The fourth-order valence-corrected chi connectivity index (χ4v) is 2.61. The van der Waals surface area contributed by atoms with Crippen molar-refractivity contribution in [2.24, 2.45) is 10.7 Å². The van der Waals surface area contributed by atoms with Crippen LogP contribution in [-0.2, 0) is 9.47 Å². The van der Waals surface area contributed by atoms with Crippen molar-refractivity contribution >= 4 is 11.6 Å². The van der Waals surface area contributed by atoms with Gasteiger partial charge in [0.25, 0.3) is 0 Å². The number of benzene rings is 2. The van der Waals surface area contributed by atoms with E-state index in [4.69, 9.17) is 19.9 Å². The third kappa shape index (κ3) is 6.06. The van der Waals surface area contributed by atoms with E-state index in [-0.39, 0.29) is 6.10 Å². The third-order valence-corrected chi connectivity index (χ3v) is 3.91. The number of hydrogen-bond acceptors (Lipinski definition) is 4. The molecule has 138 valence electrons. The van der Waals surface area contributed by atoms with Crippen LogP contribution < -0.4 is 15.8 Å². The van der Waals surface area contributed by atoms with Gasteiger partial charge in [0.1, 0.15) is 11.5 Å². The molecule has 3 N–H and O–H groups in total. The molecular weight excluding hydrogens is 330 g/mol. The number of nitrogens with two attached hydrogens (primary N) is 1. The summed E-state index contributed by atoms with van der Waals surface area (Å²) < 4.78 is 16.8. The molecule has 0 bridgehead atoms. The van der Waals surface area contributed by atoms with Gasteiger partial charge in [-0.05, 0) is 37.1 Å². The Morgan fingerprint density at radius 3 is 2.81 bits per heavy atom. The van der Waals surface area contributed by atoms with Crippen LogP contribution in [0.25, 0.3) is 0 Å². The lowest BCUT2D eigenvalue weighted by molar-refractivity contribution is 0.0424. The molecule has 0 aromatic heterocycles. The van der Waals surface area contributed by atoms with Crippen LogP contribution >= 0.6 is 0 Å². The second-order valence-electron chi connectivity index (χ2n) is 6.04. The summed E-state index contributed by atoms with van der Waals surface area (Å²) in [6, 6.07) is 17.3. The van der Waals surface area contributed by atoms with Crippen LogP contribution in [0.5, 0.6) is 11.5 Å². The van der Waals surface area contributed by atoms with Crippen LogP contribution in [0.4, 0.5) is 5.69 Å². The molecule has 1 aliphatic heterocycles. The van der Waals surface area contributed by atoms with Gasteiger partial charge in [-0.2, -0.15) is 0 Å². The standard InChI is InChI=1S/C20H25N3O3/c21-20(22-11-5-12-25-19-10-13-24-15-19)23-16-6-4-9-18(14-16)26-17-7-2-1-3-8-17/h1-4,6-9,14,19H,5,10-13,15H2,(H3,21,22,23). The summed E-state index contributed by atoms with van der Waals surface area (Å²) in [5, 5.41) is 3.09. The lowest BCUT2D eigenvalue weighted by atomic mass is 10.3. The molecule has 1 heterocycles. The second kappa shape index (κ2) is 9.79. The Kier molecular flexibility index (Phi) is 6.87. The molecule has 26 heavy (non-hydrogen) atoms. The Hall–Kier alpha value is -2.57. The number of nitrogens with one attached hydrogen (secondary N) is 1. The molecule has 0 aliphatic carbocycles. The molecule has 2 aromatic carbocycles. The minimum absolute atomic E-state index is 0.238. The van der Waals surface area contributed by atoms with Gasteiger partial charge in [0, 0.05) is 31.5 Å². The number of nitrogens with zero attached hydrogens (tertiary/aromatic N) is 1. The predicted octanol–water partition coefficient (Wildman–Crippen LogP) is 3.40. The van der Waals surface area contributed by atoms with E-state index in [1.165, 1.54) is 0 Å². The number of guanidine groups is 1. The largest absolute Gasteiger partial charge is 0.457 e. The highest BCUT2D eigenvalue weighted by molar-refractivity contribution is 5.92. The van der Waals surface area contributed by atoms with E-state index >= 15 is 0 Å². The van der Waals surface area contributed by atoms with E-state index in [1.54, 1.807) is 0 Å². The van der Waals surface area contributed by atoms with Gasteiger partial charge >= 0.3 is 0 Å². The Bertz CT molecular complexity index is 700. The van der Waals surface area contributed by atoms with Crippen molar-refractivity contribution in [1.82, 2.24) is 0 Å². The average Bonchev–Trinajstić information content (AvgIpc) is 3.16. The highest BCUT2D eigenvalue weighted by Crippen LogP contribution is 2.23. The molecule has 1 saturated heterocycles. The Morgan fingerprint density at radius 2 is 2.00 bits per heavy atom. The van der Waals surface area contributed by atoms with Crippen molar-refractivity contribution in [2.45, 2.75) is 18.9 Å². The van der Waals surface area contributed by atoms with E-state index in [0.29, 0.717) is 25.7 Å². The summed E-state index contributed by atoms with van der Waals surface area (Å²) in [7, 11) is 0. The first-order valence-corrected chi connectivity index (χ1v) is 8.89. The summed E-state index contributed by atoms with van der Waals surface area (Å²) in [6.07, 6.45) is 2.05. The molecule has 1 aliphatic rings. The van der Waals surface area contributed by atoms with Crippen molar-refractivity contribution in [2.75, 3.05) is 31.7 Å². The fraction of sp³-hybridized carbons (Fsp3) is 0.350. The van der Waals surface area contributed by atoms with Gasteiger partial charge in [0.2, 0.25) is 0 Å². The van der Waals surface area contributed by atoms with Crippen LogP contribution in [0.3, 0.4) is 0 Å². The van der Waals surface area contributed by atoms with Gasteiger partial charge in [-0.1, -0.05) is 24.3 Å². The Balaban J connectivity index is 1.43. The molecule has 1 fully saturated rings. The van der Waals surface area contributed by atoms with Gasteiger partial charge in [-0.25, -0.2) is 0 Å². The average molecular weight is 355 g/mol. The molecule has 3 rings (SSSR count). The summed E-state index contributed by atoms with van der Waals surface area (Å²) >= 11 is 0. The third-order valence-electron chi connectivity index (χ3n) is 3.91. The lowest BCUT2D eigenvalue weighted by Crippen LogP contribution is -2.23. The zero-order chi connectivity index (χ0) is 18.0. The molecule has 6 nitrogen and oxygen atoms in total. The van der Waals surface area contributed by atoms with Gasteiger partial charge in [-0.15, -0.1) is 0 Å². The normalized spacial score (nSPS) is 17.2. The molecule has 1 unspecified atom stereocenters. The zero-order valence-electron chi connectivity index (χ0n) is 14.8. The van der Waals surface area contributed by atoms with E-state index < -0.39 is 0 Å². The highest BCUT2D eigenvalue weighted by atomic mass is 16.5. The summed E-state index contributed by atoms with van der Waals surface area (Å²) in [6.45, 7) is 2.79. The summed E-state index contributed by atoms with van der Waals surface area (Å²) in [4.78, 5) is 4.33. The van der Waals surface area contributed by atoms with Crippen molar-refractivity contribution in [3.05, 3.63) is 54.6 Å². The maximum Gasteiger partial charge on any atom is 0.193 e. The smallest absolute Gasteiger partial charge is 0.193 e. The molecule has 2 aromatic rings. The molecule has 0 amide bonds. The van der Waals surface area contributed by atoms with Crippen molar-refractivity contribution in [1.29, 1.82) is 0 Å². The van der Waals surface area contributed by atoms with Crippen molar-refractivity contribution in [3.8, 4) is 11.5 Å². The van der Waals surface area contributed by atoms with E-state index in [2.05, 4.69) is 10.3 Å². The van der Waals surface area contributed by atoms with Gasteiger partial charge in [-0.3, -0.25) is 4.99 Å². The molecule has 0 saturated carbocycles. The SMILES string of the molecule is NC(=NCCCOC1CCOC1)Nc1cccc(Oc2ccccc2)c1. The number of anilines is 1. The topological polar surface area (TPSA) is 78.1 Å². The number of hydrogen-bond donors (Lipinski definition) is 2. The zero-order valence-corrected chi connectivity index (χ0v) is 14.8. The van der Waals surface area contributed by atoms with Crippen molar-refractivity contribution < 1.29 is 14.2 Å². The maximum atomic E-state index is 5.95. The van der Waals surface area contributed by atoms with Crippen LogP contribution in [0.2, 0.25) is 0 Å². The van der Waals surface area contributed by atoms with Crippen molar-refractivity contribution in [3.63, 3.8) is 0 Å². The lowest BCUT2D eigenvalue weighted by Gasteiger charge is -2.10. The molecular formula is C20H25N3O3. The van der Waals surface area contributed by atoms with E-state index in [1.807, 2.05) is 54.6 Å². The minimum Gasteiger partial charge on any atom is -0.457 e. The highest BCUT2D eigenvalue weighted by Gasteiger charge is 2.15. The monoisotopic (exact) mass is 355 g/mol. The number of para-hydroxylation sites is 1. The molecule has 0 radical (unpaired) electrons. The number of aliphatic imine (C=N–C) groups is 1. The summed E-state index contributed by atoms with van der Waals surface area (Å²) in [5.41, 5.74) is 6.78. The minimum atomic E-state index is 0.238. The van der Waals surface area contributed by atoms with Crippen LogP contribution in [0.15, 0.2) is 59.6 Å². The van der Waals surface area contributed by atoms with E-state index in [9.17, 15) is 0 Å². The Labute approximate surface area is 154 Å². The molecule has 0 spiro atoms. The Morgan fingerprint density at radius 1 is 1.15 bits per heavy atom. The first-order valence-electron chi connectivity index (χ1n) is 8.89. The molecule has 1 atom stereocenters. The first kappa shape index (κ1) is 18.2. The number of ether oxygens (including phenoxy) is 3. The van der Waals surface area contributed by atoms with E-state index in [0.717, 1.165) is 36.6 Å². The van der Waals surface area contributed by atoms with Crippen LogP contribution in [0.1, 0.15) is 12.8 Å².